The van der Waals surface area contributed by atoms with Gasteiger partial charge in [0.1, 0.15) is 16.9 Å². The van der Waals surface area contributed by atoms with Gasteiger partial charge in [-0.05, 0) is 25.2 Å². The van der Waals surface area contributed by atoms with E-state index in [0.29, 0.717) is 12.2 Å². The van der Waals surface area contributed by atoms with Crippen LogP contribution in [-0.4, -0.2) is 22.2 Å². The monoisotopic (exact) mass is 217 g/mol. The lowest BCUT2D eigenvalue weighted by molar-refractivity contribution is -0.147. The first-order chi connectivity index (χ1) is 6.41. The van der Waals surface area contributed by atoms with Crippen LogP contribution in [0.25, 0.3) is 0 Å². The molecule has 0 fully saturated rings. The molecule has 0 saturated heterocycles. The number of alkyl halides is 1. The van der Waals surface area contributed by atoms with E-state index < -0.39 is 17.1 Å². The van der Waals surface area contributed by atoms with Crippen LogP contribution < -0.4 is 5.73 Å². The number of esters is 1. The van der Waals surface area contributed by atoms with E-state index in [-0.39, 0.29) is 0 Å². The highest BCUT2D eigenvalue weighted by Crippen LogP contribution is 2.22. The Kier molecular flexibility index (Phi) is 3.31. The first-order valence-electron chi connectivity index (χ1n) is 4.18. The van der Waals surface area contributed by atoms with Crippen molar-refractivity contribution in [1.82, 2.24) is 0 Å². The van der Waals surface area contributed by atoms with Gasteiger partial charge in [-0.2, -0.15) is 0 Å². The number of ether oxygens (including phenoxy) is 1. The Morgan fingerprint density at radius 3 is 2.93 bits per heavy atom. The largest absolute Gasteiger partial charge is 0.425 e. The van der Waals surface area contributed by atoms with Crippen LogP contribution in [-0.2, 0) is 9.53 Å². The standard InChI is InChI=1S/C9H12ClNO3/c1-6(12)8(13)14-7-2-4-9(10,11)5-3-7/h2-4,6,12H,5,11H2,1H3. The molecule has 0 spiro atoms. The maximum atomic E-state index is 11.0. The molecular weight excluding hydrogens is 206 g/mol. The van der Waals surface area contributed by atoms with Crippen LogP contribution in [0.4, 0.5) is 0 Å². The maximum absolute atomic E-state index is 11.0. The van der Waals surface area contributed by atoms with Gasteiger partial charge in [0.2, 0.25) is 0 Å². The summed E-state index contributed by atoms with van der Waals surface area (Å²) in [6.07, 6.45) is 3.90. The molecule has 0 heterocycles. The van der Waals surface area contributed by atoms with Crippen LogP contribution in [0.2, 0.25) is 0 Å². The molecule has 0 radical (unpaired) electrons. The fraction of sp³-hybridized carbons (Fsp3) is 0.444. The van der Waals surface area contributed by atoms with Crippen LogP contribution in [0, 0.1) is 0 Å². The molecule has 4 nitrogen and oxygen atoms in total. The molecule has 78 valence electrons. The molecule has 0 aromatic rings. The second-order valence-corrected chi connectivity index (χ2v) is 3.87. The lowest BCUT2D eigenvalue weighted by Gasteiger charge is -2.19. The molecule has 2 unspecified atom stereocenters. The molecular formula is C9H12ClNO3. The third kappa shape index (κ3) is 3.14. The van der Waals surface area contributed by atoms with E-state index in [0.717, 1.165) is 0 Å². The van der Waals surface area contributed by atoms with Crippen LogP contribution in [0.5, 0.6) is 0 Å². The number of aliphatic hydroxyl groups is 1. The lowest BCUT2D eigenvalue weighted by Crippen LogP contribution is -2.31. The van der Waals surface area contributed by atoms with Crippen LogP contribution in [0.1, 0.15) is 13.3 Å². The van der Waals surface area contributed by atoms with Crippen molar-refractivity contribution in [3.63, 3.8) is 0 Å². The minimum atomic E-state index is -1.13. The molecule has 1 aliphatic rings. The van der Waals surface area contributed by atoms with Crippen molar-refractivity contribution in [2.24, 2.45) is 5.73 Å². The summed E-state index contributed by atoms with van der Waals surface area (Å²) in [7, 11) is 0. The summed E-state index contributed by atoms with van der Waals surface area (Å²) in [4.78, 5) is 10.1. The first-order valence-corrected chi connectivity index (χ1v) is 4.55. The number of halogens is 1. The zero-order chi connectivity index (χ0) is 10.8. The summed E-state index contributed by atoms with van der Waals surface area (Å²) in [5.41, 5.74) is 5.57. The van der Waals surface area contributed by atoms with Gasteiger partial charge in [-0.15, -0.1) is 0 Å². The molecule has 0 aromatic carbocycles. The molecule has 2 atom stereocenters. The van der Waals surface area contributed by atoms with Crippen molar-refractivity contribution < 1.29 is 14.6 Å². The Balaban J connectivity index is 2.55. The van der Waals surface area contributed by atoms with Crippen LogP contribution in [0.15, 0.2) is 24.0 Å². The Morgan fingerprint density at radius 2 is 2.50 bits per heavy atom. The van der Waals surface area contributed by atoms with E-state index in [1.807, 2.05) is 0 Å². The molecule has 0 bridgehead atoms. The molecule has 0 amide bonds. The quantitative estimate of drug-likeness (QED) is 0.405. The number of hydrogen-bond donors (Lipinski definition) is 2. The van der Waals surface area contributed by atoms with Crippen molar-refractivity contribution in [1.29, 1.82) is 0 Å². The predicted octanol–water partition coefficient (Wildman–Crippen LogP) is 0.648. The van der Waals surface area contributed by atoms with Crippen molar-refractivity contribution in [2.75, 3.05) is 0 Å². The summed E-state index contributed by atoms with van der Waals surface area (Å²) in [6.45, 7) is 1.34. The van der Waals surface area contributed by atoms with Gasteiger partial charge in [0.25, 0.3) is 0 Å². The van der Waals surface area contributed by atoms with Crippen molar-refractivity contribution in [3.05, 3.63) is 24.0 Å². The second kappa shape index (κ2) is 4.13. The van der Waals surface area contributed by atoms with Gasteiger partial charge in [0.15, 0.2) is 0 Å². The van der Waals surface area contributed by atoms with E-state index in [4.69, 9.17) is 27.2 Å². The Labute approximate surface area is 87.0 Å². The average molecular weight is 218 g/mol. The molecule has 0 aliphatic heterocycles. The van der Waals surface area contributed by atoms with E-state index in [1.165, 1.54) is 13.0 Å². The van der Waals surface area contributed by atoms with Crippen molar-refractivity contribution in [2.45, 2.75) is 24.4 Å². The number of allylic oxidation sites excluding steroid dienone is 1. The fourth-order valence-corrected chi connectivity index (χ4v) is 1.03. The summed E-state index contributed by atoms with van der Waals surface area (Å²) in [5, 5.41) is 8.88. The molecule has 0 aromatic heterocycles. The summed E-state index contributed by atoms with van der Waals surface area (Å²) in [5.74, 6) is -0.336. The molecule has 14 heavy (non-hydrogen) atoms. The fourth-order valence-electron chi connectivity index (χ4n) is 0.891. The van der Waals surface area contributed by atoms with Gasteiger partial charge in [0.05, 0.1) is 0 Å². The number of aliphatic hydroxyl groups excluding tert-OH is 1. The van der Waals surface area contributed by atoms with Crippen molar-refractivity contribution in [3.8, 4) is 0 Å². The van der Waals surface area contributed by atoms with Gasteiger partial charge in [-0.1, -0.05) is 11.6 Å². The third-order valence-electron chi connectivity index (χ3n) is 1.70. The summed E-state index contributed by atoms with van der Waals surface area (Å²) >= 11 is 5.79. The van der Waals surface area contributed by atoms with Gasteiger partial charge in [-0.3, -0.25) is 0 Å². The summed E-state index contributed by atoms with van der Waals surface area (Å²) in [6, 6.07) is 0. The van der Waals surface area contributed by atoms with Gasteiger partial charge in [0, 0.05) is 6.42 Å². The Hall–Kier alpha value is -0.840. The molecule has 0 saturated carbocycles. The third-order valence-corrected chi connectivity index (χ3v) is 1.98. The van der Waals surface area contributed by atoms with E-state index in [2.05, 4.69) is 0 Å². The van der Waals surface area contributed by atoms with Gasteiger partial charge in [-0.25, -0.2) is 4.79 Å². The summed E-state index contributed by atoms with van der Waals surface area (Å²) < 4.78 is 4.82. The first kappa shape index (κ1) is 11.2. The topological polar surface area (TPSA) is 72.5 Å². The average Bonchev–Trinajstić information content (AvgIpc) is 2.08. The van der Waals surface area contributed by atoms with E-state index >= 15 is 0 Å². The van der Waals surface area contributed by atoms with Crippen LogP contribution >= 0.6 is 11.6 Å². The number of carbonyl (C=O) groups is 1. The van der Waals surface area contributed by atoms with E-state index in [9.17, 15) is 4.79 Å². The highest BCUT2D eigenvalue weighted by Gasteiger charge is 2.21. The minimum absolute atomic E-state index is 0.359. The molecule has 5 heteroatoms. The minimum Gasteiger partial charge on any atom is -0.425 e. The lowest BCUT2D eigenvalue weighted by atomic mass is 10.1. The SMILES string of the molecule is CC(O)C(=O)OC1=CCC(N)(Cl)C=C1. The second-order valence-electron chi connectivity index (χ2n) is 3.17. The smallest absolute Gasteiger partial charge is 0.340 e. The zero-order valence-corrected chi connectivity index (χ0v) is 8.49. The van der Waals surface area contributed by atoms with Gasteiger partial charge >= 0.3 is 5.97 Å². The number of nitrogens with two attached hydrogens (primary N) is 1. The Morgan fingerprint density at radius 1 is 1.86 bits per heavy atom. The number of carbonyl (C=O) groups excluding carboxylic acids is 1. The molecule has 1 rings (SSSR count). The predicted molar refractivity (Wildman–Crippen MR) is 52.4 cm³/mol. The number of rotatable bonds is 2. The highest BCUT2D eigenvalue weighted by atomic mass is 35.5. The van der Waals surface area contributed by atoms with E-state index in [1.54, 1.807) is 12.2 Å². The zero-order valence-electron chi connectivity index (χ0n) is 7.74. The van der Waals surface area contributed by atoms with Gasteiger partial charge < -0.3 is 15.6 Å². The Bertz CT molecular complexity index is 294. The maximum Gasteiger partial charge on any atom is 0.340 e. The molecule has 1 aliphatic carbocycles. The van der Waals surface area contributed by atoms with Crippen molar-refractivity contribution >= 4 is 17.6 Å². The highest BCUT2D eigenvalue weighted by molar-refractivity contribution is 6.25. The number of hydrogen-bond acceptors (Lipinski definition) is 4. The van der Waals surface area contributed by atoms with Crippen LogP contribution in [0.3, 0.4) is 0 Å². The normalized spacial score (nSPS) is 28.1. The molecule has 3 N–H and O–H groups in total.